The fraction of sp³-hybridized carbons (Fsp3) is 0.909. The summed E-state index contributed by atoms with van der Waals surface area (Å²) in [4.78, 5) is 10.4. The van der Waals surface area contributed by atoms with Gasteiger partial charge < -0.3 is 4.74 Å². The van der Waals surface area contributed by atoms with Crippen molar-refractivity contribution in [3.63, 3.8) is 0 Å². The van der Waals surface area contributed by atoms with Gasteiger partial charge in [-0.15, -0.1) is 0 Å². The molecule has 0 aromatic heterocycles. The van der Waals surface area contributed by atoms with Gasteiger partial charge in [0.2, 0.25) is 0 Å². The zero-order chi connectivity index (χ0) is 9.94. The summed E-state index contributed by atoms with van der Waals surface area (Å²) in [5.41, 5.74) is 0. The van der Waals surface area contributed by atoms with Crippen LogP contribution in [0.3, 0.4) is 0 Å². The first-order chi connectivity index (χ1) is 6.27. The van der Waals surface area contributed by atoms with Crippen LogP contribution in [0.4, 0.5) is 0 Å². The molecule has 0 fully saturated rings. The molecule has 0 heterocycles. The van der Waals surface area contributed by atoms with Crippen molar-refractivity contribution in [2.75, 3.05) is 6.61 Å². The Morgan fingerprint density at radius 3 is 2.00 bits per heavy atom. The van der Waals surface area contributed by atoms with Crippen LogP contribution in [0.15, 0.2) is 0 Å². The van der Waals surface area contributed by atoms with E-state index in [9.17, 15) is 4.79 Å². The molecule has 0 N–H and O–H groups in total. The molecule has 80 valence electrons. The van der Waals surface area contributed by atoms with Crippen LogP contribution in [0, 0.1) is 0 Å². The van der Waals surface area contributed by atoms with Crippen molar-refractivity contribution < 1.29 is 9.53 Å². The van der Waals surface area contributed by atoms with E-state index in [2.05, 4.69) is 6.92 Å². The van der Waals surface area contributed by atoms with E-state index < -0.39 is 0 Å². The number of esters is 1. The van der Waals surface area contributed by atoms with Gasteiger partial charge in [-0.25, -0.2) is 0 Å². The fourth-order valence-electron chi connectivity index (χ4n) is 1.28. The average molecular weight is 210 g/mol. The van der Waals surface area contributed by atoms with Crippen LogP contribution in [0.1, 0.15) is 58.8 Å². The molecule has 0 atom stereocenters. The number of hydrogen-bond donors (Lipinski definition) is 0. The van der Waals surface area contributed by atoms with E-state index in [-0.39, 0.29) is 35.5 Å². The van der Waals surface area contributed by atoms with Crippen molar-refractivity contribution in [2.24, 2.45) is 0 Å². The molecular formula is C11H23NaO2. The minimum atomic E-state index is -0.161. The Bertz CT molecular complexity index is 126. The quantitative estimate of drug-likeness (QED) is 0.350. The minimum absolute atomic E-state index is 0. The van der Waals surface area contributed by atoms with Crippen LogP contribution in [-0.4, -0.2) is 42.1 Å². The zero-order valence-corrected chi connectivity index (χ0v) is 8.97. The van der Waals surface area contributed by atoms with Gasteiger partial charge in [0, 0.05) is 6.92 Å². The van der Waals surface area contributed by atoms with Crippen LogP contribution in [0.25, 0.3) is 0 Å². The Balaban J connectivity index is 0. The Labute approximate surface area is 110 Å². The summed E-state index contributed by atoms with van der Waals surface area (Å²) < 4.78 is 4.83. The van der Waals surface area contributed by atoms with E-state index in [1.165, 1.54) is 45.4 Å². The topological polar surface area (TPSA) is 26.3 Å². The second-order valence-corrected chi connectivity index (χ2v) is 3.46. The van der Waals surface area contributed by atoms with Gasteiger partial charge >= 0.3 is 35.5 Å². The molecule has 0 spiro atoms. The Hall–Kier alpha value is 0.470. The Kier molecular flexibility index (Phi) is 16.2. The monoisotopic (exact) mass is 210 g/mol. The van der Waals surface area contributed by atoms with Crippen molar-refractivity contribution in [1.82, 2.24) is 0 Å². The molecule has 0 bridgehead atoms. The fourth-order valence-corrected chi connectivity index (χ4v) is 1.28. The zero-order valence-electron chi connectivity index (χ0n) is 8.97. The normalized spacial score (nSPS) is 9.29. The number of unbranched alkanes of at least 4 members (excludes halogenated alkanes) is 6. The first-order valence-electron chi connectivity index (χ1n) is 5.40. The average Bonchev–Trinajstić information content (AvgIpc) is 2.09. The molecule has 3 heteroatoms. The molecule has 14 heavy (non-hydrogen) atoms. The Morgan fingerprint density at radius 2 is 1.50 bits per heavy atom. The molecule has 2 nitrogen and oxygen atoms in total. The SMILES string of the molecule is CCCCCCCCCOC(C)=O.[NaH]. The van der Waals surface area contributed by atoms with E-state index in [4.69, 9.17) is 4.74 Å². The number of carbonyl (C=O) groups excluding carboxylic acids is 1. The summed E-state index contributed by atoms with van der Waals surface area (Å²) in [6.45, 7) is 4.28. The third-order valence-corrected chi connectivity index (χ3v) is 2.05. The number of hydrogen-bond acceptors (Lipinski definition) is 2. The predicted molar refractivity (Wildman–Crippen MR) is 61.8 cm³/mol. The van der Waals surface area contributed by atoms with Gasteiger partial charge in [-0.05, 0) is 6.42 Å². The summed E-state index contributed by atoms with van der Waals surface area (Å²) in [7, 11) is 0. The summed E-state index contributed by atoms with van der Waals surface area (Å²) in [6.07, 6.45) is 8.82. The van der Waals surface area contributed by atoms with E-state index >= 15 is 0 Å². The van der Waals surface area contributed by atoms with E-state index in [0.717, 1.165) is 6.42 Å². The van der Waals surface area contributed by atoms with Crippen LogP contribution < -0.4 is 0 Å². The molecular weight excluding hydrogens is 187 g/mol. The van der Waals surface area contributed by atoms with E-state index in [0.29, 0.717) is 6.61 Å². The first kappa shape index (κ1) is 16.9. The van der Waals surface area contributed by atoms with Gasteiger partial charge in [-0.2, -0.15) is 0 Å². The van der Waals surface area contributed by atoms with E-state index in [1.807, 2.05) is 0 Å². The van der Waals surface area contributed by atoms with Gasteiger partial charge in [-0.1, -0.05) is 45.4 Å². The molecule has 0 unspecified atom stereocenters. The van der Waals surface area contributed by atoms with Crippen molar-refractivity contribution in [3.05, 3.63) is 0 Å². The second-order valence-electron chi connectivity index (χ2n) is 3.46. The molecule has 0 aliphatic heterocycles. The molecule has 0 aromatic carbocycles. The third-order valence-electron chi connectivity index (χ3n) is 2.05. The van der Waals surface area contributed by atoms with Gasteiger partial charge in [0.15, 0.2) is 0 Å². The van der Waals surface area contributed by atoms with Gasteiger partial charge in [0.05, 0.1) is 6.61 Å². The van der Waals surface area contributed by atoms with Crippen molar-refractivity contribution in [1.29, 1.82) is 0 Å². The van der Waals surface area contributed by atoms with Crippen molar-refractivity contribution in [3.8, 4) is 0 Å². The summed E-state index contributed by atoms with van der Waals surface area (Å²) in [5.74, 6) is -0.161. The number of carbonyl (C=O) groups is 1. The molecule has 0 amide bonds. The van der Waals surface area contributed by atoms with Crippen LogP contribution in [0.5, 0.6) is 0 Å². The third kappa shape index (κ3) is 15.0. The number of ether oxygens (including phenoxy) is 1. The number of rotatable bonds is 8. The van der Waals surface area contributed by atoms with Gasteiger partial charge in [-0.3, -0.25) is 4.79 Å². The van der Waals surface area contributed by atoms with Crippen LogP contribution in [-0.2, 0) is 9.53 Å². The van der Waals surface area contributed by atoms with Crippen LogP contribution >= 0.6 is 0 Å². The standard InChI is InChI=1S/C11H22O2.Na.H/c1-3-4-5-6-7-8-9-10-13-11(2)12;;/h3-10H2,1-2H3;;. The summed E-state index contributed by atoms with van der Waals surface area (Å²) in [5, 5.41) is 0. The van der Waals surface area contributed by atoms with Crippen molar-refractivity contribution >= 4 is 35.5 Å². The molecule has 0 saturated heterocycles. The molecule has 0 aliphatic carbocycles. The maximum atomic E-state index is 10.4. The van der Waals surface area contributed by atoms with Crippen molar-refractivity contribution in [2.45, 2.75) is 58.8 Å². The first-order valence-corrected chi connectivity index (χ1v) is 5.40. The summed E-state index contributed by atoms with van der Waals surface area (Å²) >= 11 is 0. The molecule has 0 saturated carbocycles. The second kappa shape index (κ2) is 13.5. The molecule has 0 radical (unpaired) electrons. The predicted octanol–water partition coefficient (Wildman–Crippen LogP) is 2.65. The van der Waals surface area contributed by atoms with Gasteiger partial charge in [0.25, 0.3) is 0 Å². The van der Waals surface area contributed by atoms with Gasteiger partial charge in [0.1, 0.15) is 0 Å². The molecule has 0 aromatic rings. The molecule has 0 aliphatic rings. The molecule has 0 rings (SSSR count). The van der Waals surface area contributed by atoms with E-state index in [1.54, 1.807) is 0 Å². The Morgan fingerprint density at radius 1 is 1.00 bits per heavy atom. The maximum absolute atomic E-state index is 10.4. The summed E-state index contributed by atoms with van der Waals surface area (Å²) in [6, 6.07) is 0. The van der Waals surface area contributed by atoms with Crippen LogP contribution in [0.2, 0.25) is 0 Å².